The summed E-state index contributed by atoms with van der Waals surface area (Å²) in [6.07, 6.45) is 4.53. The molecule has 0 saturated carbocycles. The zero-order valence-electron chi connectivity index (χ0n) is 11.4. The summed E-state index contributed by atoms with van der Waals surface area (Å²) >= 11 is 3.38. The lowest BCUT2D eigenvalue weighted by Gasteiger charge is -2.03. The molecule has 0 unspecified atom stereocenters. The summed E-state index contributed by atoms with van der Waals surface area (Å²) in [5.41, 5.74) is 1.47. The monoisotopic (exact) mass is 336 g/mol. The number of Topliss-reactive ketones (excluding diaryl/α,β-unsaturated/α-hetero) is 1. The molecule has 0 amide bonds. The third kappa shape index (κ3) is 3.33. The highest BCUT2D eigenvalue weighted by Crippen LogP contribution is 2.24. The van der Waals surface area contributed by atoms with E-state index in [4.69, 9.17) is 0 Å². The van der Waals surface area contributed by atoms with E-state index in [2.05, 4.69) is 28.0 Å². The van der Waals surface area contributed by atoms with Crippen LogP contribution < -0.4 is 0 Å². The van der Waals surface area contributed by atoms with Gasteiger partial charge in [0, 0.05) is 17.4 Å². The van der Waals surface area contributed by atoms with E-state index in [1.54, 1.807) is 16.8 Å². The molecule has 0 spiro atoms. The number of hydrogen-bond acceptors (Lipinski definition) is 3. The van der Waals surface area contributed by atoms with Crippen molar-refractivity contribution in [2.24, 2.45) is 0 Å². The Morgan fingerprint density at radius 2 is 2.20 bits per heavy atom. The smallest absolute Gasteiger partial charge is 0.154 e. The van der Waals surface area contributed by atoms with Gasteiger partial charge in [-0.2, -0.15) is 5.10 Å². The molecule has 0 aliphatic heterocycles. The highest BCUT2D eigenvalue weighted by atomic mass is 79.9. The summed E-state index contributed by atoms with van der Waals surface area (Å²) in [6.45, 7) is 2.40. The van der Waals surface area contributed by atoms with Crippen LogP contribution >= 0.6 is 15.9 Å². The molecule has 0 aliphatic rings. The Bertz CT molecular complexity index is 634. The summed E-state index contributed by atoms with van der Waals surface area (Å²) in [7, 11) is 0. The quantitative estimate of drug-likeness (QED) is 0.571. The summed E-state index contributed by atoms with van der Waals surface area (Å²) < 4.78 is 2.36. The fourth-order valence-electron chi connectivity index (χ4n) is 2.17. The first-order chi connectivity index (χ1) is 9.65. The van der Waals surface area contributed by atoms with Gasteiger partial charge in [0.05, 0.1) is 5.52 Å². The maximum Gasteiger partial charge on any atom is 0.154 e. The predicted molar refractivity (Wildman–Crippen MR) is 82.0 cm³/mol. The molecule has 2 aromatic rings. The van der Waals surface area contributed by atoms with E-state index in [0.717, 1.165) is 36.5 Å². The van der Waals surface area contributed by atoms with E-state index >= 15 is 0 Å². The zero-order chi connectivity index (χ0) is 14.5. The Morgan fingerprint density at radius 3 is 2.90 bits per heavy atom. The summed E-state index contributed by atoms with van der Waals surface area (Å²) in [4.78, 5) is 22.7. The number of halogens is 1. The molecule has 0 N–H and O–H groups in total. The van der Waals surface area contributed by atoms with Gasteiger partial charge in [-0.15, -0.1) is 0 Å². The average Bonchev–Trinajstić information content (AvgIpc) is 2.75. The number of unbranched alkanes of at least 4 members (excludes halogenated alkanes) is 2. The number of aromatic nitrogens is 2. The molecule has 2 rings (SSSR count). The Kier molecular flexibility index (Phi) is 5.06. The highest BCUT2D eigenvalue weighted by Gasteiger charge is 2.11. The third-order valence-corrected chi connectivity index (χ3v) is 3.84. The molecule has 0 radical (unpaired) electrons. The molecule has 1 aromatic carbocycles. The van der Waals surface area contributed by atoms with E-state index < -0.39 is 0 Å². The predicted octanol–water partition coefficient (Wildman–Crippen LogP) is 3.76. The maximum atomic E-state index is 11.9. The van der Waals surface area contributed by atoms with E-state index in [9.17, 15) is 9.59 Å². The molecule has 0 fully saturated rings. The second kappa shape index (κ2) is 6.79. The minimum Gasteiger partial charge on any atom is -0.298 e. The lowest BCUT2D eigenvalue weighted by atomic mass is 10.1. The second-order valence-corrected chi connectivity index (χ2v) is 5.59. The molecule has 0 atom stereocenters. The molecule has 1 aromatic heterocycles. The Balaban J connectivity index is 2.18. The number of rotatable bonds is 7. The molecule has 0 saturated heterocycles. The maximum absolute atomic E-state index is 11.9. The van der Waals surface area contributed by atoms with Crippen LogP contribution in [0.1, 0.15) is 43.0 Å². The molecule has 1 heterocycles. The van der Waals surface area contributed by atoms with Gasteiger partial charge in [0.25, 0.3) is 0 Å². The van der Waals surface area contributed by atoms with Crippen LogP contribution in [0, 0.1) is 0 Å². The number of ketones is 1. The normalized spacial score (nSPS) is 10.9. The van der Waals surface area contributed by atoms with Gasteiger partial charge in [-0.1, -0.05) is 19.8 Å². The molecule has 5 heteroatoms. The lowest BCUT2D eigenvalue weighted by Crippen LogP contribution is -2.11. The molecular formula is C15H17BrN2O2. The topological polar surface area (TPSA) is 52.0 Å². The van der Waals surface area contributed by atoms with Crippen LogP contribution in [0.25, 0.3) is 10.9 Å². The zero-order valence-corrected chi connectivity index (χ0v) is 13.0. The van der Waals surface area contributed by atoms with Gasteiger partial charge in [-0.3, -0.25) is 14.3 Å². The van der Waals surface area contributed by atoms with Crippen molar-refractivity contribution in [2.45, 2.75) is 39.2 Å². The fraction of sp³-hybridized carbons (Fsp3) is 0.400. The first kappa shape index (κ1) is 14.9. The van der Waals surface area contributed by atoms with E-state index in [0.29, 0.717) is 16.6 Å². The Hall–Kier alpha value is -1.49. The van der Waals surface area contributed by atoms with Crippen LogP contribution in [-0.4, -0.2) is 21.8 Å². The molecule has 0 bridgehead atoms. The standard InChI is InChI=1S/C15H17BrN2O2/c1-2-3-4-5-12(20)9-18-14-7-6-11(10-19)8-13(14)15(16)17-18/h6-8,10H,2-5,9H2,1H3. The van der Waals surface area contributed by atoms with Gasteiger partial charge >= 0.3 is 0 Å². The van der Waals surface area contributed by atoms with Gasteiger partial charge < -0.3 is 0 Å². The molecular weight excluding hydrogens is 320 g/mol. The number of nitrogens with zero attached hydrogens (tertiary/aromatic N) is 2. The first-order valence-corrected chi connectivity index (χ1v) is 7.58. The third-order valence-electron chi connectivity index (χ3n) is 3.25. The second-order valence-electron chi connectivity index (χ2n) is 4.84. The van der Waals surface area contributed by atoms with E-state index in [1.165, 1.54) is 0 Å². The number of carbonyl (C=O) groups excluding carboxylic acids is 2. The number of aldehydes is 1. The van der Waals surface area contributed by atoms with Crippen molar-refractivity contribution in [3.8, 4) is 0 Å². The SMILES string of the molecule is CCCCCC(=O)Cn1nc(Br)c2cc(C=O)ccc21. The first-order valence-electron chi connectivity index (χ1n) is 6.78. The molecule has 20 heavy (non-hydrogen) atoms. The largest absolute Gasteiger partial charge is 0.298 e. The van der Waals surface area contributed by atoms with Crippen LogP contribution in [-0.2, 0) is 11.3 Å². The minimum atomic E-state index is 0.190. The Morgan fingerprint density at radius 1 is 1.40 bits per heavy atom. The lowest BCUT2D eigenvalue weighted by molar-refractivity contribution is -0.119. The molecule has 106 valence electrons. The number of fused-ring (bicyclic) bond motifs is 1. The van der Waals surface area contributed by atoms with E-state index in [-0.39, 0.29) is 12.3 Å². The van der Waals surface area contributed by atoms with Crippen molar-refractivity contribution >= 4 is 38.9 Å². The van der Waals surface area contributed by atoms with E-state index in [1.807, 2.05) is 6.07 Å². The number of carbonyl (C=O) groups is 2. The van der Waals surface area contributed by atoms with Gasteiger partial charge in [0.1, 0.15) is 17.4 Å². The van der Waals surface area contributed by atoms with Crippen LogP contribution in [0.2, 0.25) is 0 Å². The highest BCUT2D eigenvalue weighted by molar-refractivity contribution is 9.10. The van der Waals surface area contributed by atoms with Crippen molar-refractivity contribution < 1.29 is 9.59 Å². The van der Waals surface area contributed by atoms with Crippen molar-refractivity contribution in [3.63, 3.8) is 0 Å². The number of hydrogen-bond donors (Lipinski definition) is 0. The number of benzene rings is 1. The van der Waals surface area contributed by atoms with Crippen LogP contribution in [0.5, 0.6) is 0 Å². The van der Waals surface area contributed by atoms with Gasteiger partial charge in [0.15, 0.2) is 5.78 Å². The summed E-state index contributed by atoms with van der Waals surface area (Å²) in [6, 6.07) is 5.34. The van der Waals surface area contributed by atoms with Gasteiger partial charge in [-0.05, 0) is 40.5 Å². The summed E-state index contributed by atoms with van der Waals surface area (Å²) in [5.74, 6) is 0.190. The van der Waals surface area contributed by atoms with Crippen molar-refractivity contribution in [3.05, 3.63) is 28.4 Å². The van der Waals surface area contributed by atoms with Crippen LogP contribution in [0.15, 0.2) is 22.8 Å². The summed E-state index contributed by atoms with van der Waals surface area (Å²) in [5, 5.41) is 5.19. The Labute approximate surface area is 126 Å². The van der Waals surface area contributed by atoms with Gasteiger partial charge in [-0.25, -0.2) is 0 Å². The van der Waals surface area contributed by atoms with Crippen LogP contribution in [0.3, 0.4) is 0 Å². The van der Waals surface area contributed by atoms with Crippen LogP contribution in [0.4, 0.5) is 0 Å². The van der Waals surface area contributed by atoms with Crippen molar-refractivity contribution in [2.75, 3.05) is 0 Å². The van der Waals surface area contributed by atoms with Crippen molar-refractivity contribution in [1.29, 1.82) is 0 Å². The minimum absolute atomic E-state index is 0.190. The fourth-order valence-corrected chi connectivity index (χ4v) is 2.68. The molecule has 0 aliphatic carbocycles. The average molecular weight is 337 g/mol. The molecule has 4 nitrogen and oxygen atoms in total. The van der Waals surface area contributed by atoms with Gasteiger partial charge in [0.2, 0.25) is 0 Å². The van der Waals surface area contributed by atoms with Crippen molar-refractivity contribution in [1.82, 2.24) is 9.78 Å².